The molecule has 1 aromatic heterocycles. The summed E-state index contributed by atoms with van der Waals surface area (Å²) in [5, 5.41) is 3.27. The molecular weight excluding hydrogens is 253 g/mol. The number of nitrogens with zero attached hydrogens (tertiary/aromatic N) is 2. The summed E-state index contributed by atoms with van der Waals surface area (Å²) in [6.45, 7) is 7.06. The molecule has 2 aromatic rings. The average molecular weight is 273 g/mol. The zero-order valence-electron chi connectivity index (χ0n) is 12.2. The highest BCUT2D eigenvalue weighted by Crippen LogP contribution is 2.23. The second-order valence-corrected chi connectivity index (χ2v) is 5.09. The Labute approximate surface area is 119 Å². The van der Waals surface area contributed by atoms with E-state index in [1.807, 2.05) is 26.0 Å². The van der Waals surface area contributed by atoms with Crippen LogP contribution in [0.1, 0.15) is 38.9 Å². The minimum Gasteiger partial charge on any atom is -0.370 e. The summed E-state index contributed by atoms with van der Waals surface area (Å²) in [7, 11) is 0. The van der Waals surface area contributed by atoms with Gasteiger partial charge in [-0.2, -0.15) is 0 Å². The van der Waals surface area contributed by atoms with Gasteiger partial charge in [0.05, 0.1) is 5.69 Å². The maximum atomic E-state index is 13.4. The number of aromatic nitrogens is 2. The van der Waals surface area contributed by atoms with Crippen molar-refractivity contribution in [1.82, 2.24) is 9.97 Å². The number of rotatable bonds is 5. The van der Waals surface area contributed by atoms with Crippen LogP contribution in [0.25, 0.3) is 11.3 Å². The van der Waals surface area contributed by atoms with E-state index in [0.29, 0.717) is 0 Å². The largest absolute Gasteiger partial charge is 0.370 e. The molecule has 20 heavy (non-hydrogen) atoms. The fourth-order valence-electron chi connectivity index (χ4n) is 1.86. The van der Waals surface area contributed by atoms with E-state index in [1.165, 1.54) is 12.1 Å². The zero-order chi connectivity index (χ0) is 14.5. The minimum atomic E-state index is -0.254. The van der Waals surface area contributed by atoms with Crippen LogP contribution in [0.4, 0.5) is 10.2 Å². The lowest BCUT2D eigenvalue weighted by atomic mass is 10.1. The highest BCUT2D eigenvalue weighted by molar-refractivity contribution is 5.62. The summed E-state index contributed by atoms with van der Waals surface area (Å²) in [6.07, 6.45) is 1.02. The van der Waals surface area contributed by atoms with E-state index < -0.39 is 0 Å². The van der Waals surface area contributed by atoms with Gasteiger partial charge in [0, 0.05) is 24.1 Å². The number of halogens is 1. The van der Waals surface area contributed by atoms with Gasteiger partial charge in [0.1, 0.15) is 17.5 Å². The molecule has 0 bridgehead atoms. The first-order chi connectivity index (χ1) is 9.60. The van der Waals surface area contributed by atoms with Crippen molar-refractivity contribution in [1.29, 1.82) is 0 Å². The third-order valence-electron chi connectivity index (χ3n) is 2.94. The Morgan fingerprint density at radius 1 is 1.20 bits per heavy atom. The van der Waals surface area contributed by atoms with Gasteiger partial charge in [0.2, 0.25) is 0 Å². The zero-order valence-corrected chi connectivity index (χ0v) is 12.2. The van der Waals surface area contributed by atoms with E-state index >= 15 is 0 Å². The van der Waals surface area contributed by atoms with E-state index in [0.717, 1.165) is 35.9 Å². The highest BCUT2D eigenvalue weighted by Gasteiger charge is 2.10. The number of anilines is 1. The molecular formula is C16H20FN3. The molecule has 0 saturated heterocycles. The van der Waals surface area contributed by atoms with Crippen LogP contribution in [0.3, 0.4) is 0 Å². The van der Waals surface area contributed by atoms with Crippen molar-refractivity contribution >= 4 is 5.82 Å². The average Bonchev–Trinajstić information content (AvgIpc) is 2.44. The maximum absolute atomic E-state index is 13.4. The van der Waals surface area contributed by atoms with E-state index in [2.05, 4.69) is 22.2 Å². The molecule has 3 nitrogen and oxygen atoms in total. The maximum Gasteiger partial charge on any atom is 0.133 e. The summed E-state index contributed by atoms with van der Waals surface area (Å²) in [4.78, 5) is 9.04. The topological polar surface area (TPSA) is 37.8 Å². The van der Waals surface area contributed by atoms with Crippen LogP contribution in [0, 0.1) is 5.82 Å². The first-order valence-corrected chi connectivity index (χ1v) is 6.99. The van der Waals surface area contributed by atoms with Crippen molar-refractivity contribution in [3.8, 4) is 11.3 Å². The molecule has 0 saturated carbocycles. The Bertz CT molecular complexity index is 582. The van der Waals surface area contributed by atoms with Crippen LogP contribution >= 0.6 is 0 Å². The number of benzene rings is 1. The fraction of sp³-hybridized carbons (Fsp3) is 0.375. The summed E-state index contributed by atoms with van der Waals surface area (Å²) < 4.78 is 13.4. The lowest BCUT2D eigenvalue weighted by Gasteiger charge is -2.11. The van der Waals surface area contributed by atoms with Gasteiger partial charge < -0.3 is 5.32 Å². The van der Waals surface area contributed by atoms with Gasteiger partial charge in [0.15, 0.2) is 0 Å². The Balaban J connectivity index is 2.43. The Morgan fingerprint density at radius 3 is 2.65 bits per heavy atom. The van der Waals surface area contributed by atoms with E-state index in [4.69, 9.17) is 0 Å². The Hall–Kier alpha value is -1.97. The molecule has 0 aliphatic rings. The molecule has 0 radical (unpaired) electrons. The number of hydrogen-bond donors (Lipinski definition) is 1. The molecule has 0 spiro atoms. The molecule has 1 heterocycles. The minimum absolute atomic E-state index is 0.227. The van der Waals surface area contributed by atoms with Gasteiger partial charge in [-0.05, 0) is 18.6 Å². The second kappa shape index (κ2) is 6.46. The smallest absolute Gasteiger partial charge is 0.133 e. The summed E-state index contributed by atoms with van der Waals surface area (Å²) >= 11 is 0. The van der Waals surface area contributed by atoms with Crippen LogP contribution in [0.15, 0.2) is 30.3 Å². The third kappa shape index (κ3) is 3.53. The molecule has 1 aromatic carbocycles. The molecule has 0 atom stereocenters. The lowest BCUT2D eigenvalue weighted by molar-refractivity contribution is 0.628. The Morgan fingerprint density at radius 2 is 2.00 bits per heavy atom. The van der Waals surface area contributed by atoms with Crippen molar-refractivity contribution < 1.29 is 4.39 Å². The van der Waals surface area contributed by atoms with Gasteiger partial charge in [-0.25, -0.2) is 14.4 Å². The van der Waals surface area contributed by atoms with Crippen molar-refractivity contribution in [3.63, 3.8) is 0 Å². The van der Waals surface area contributed by atoms with Crippen molar-refractivity contribution in [2.75, 3.05) is 11.9 Å². The molecule has 106 valence electrons. The summed E-state index contributed by atoms with van der Waals surface area (Å²) in [5.41, 5.74) is 1.52. The molecule has 0 unspecified atom stereocenters. The van der Waals surface area contributed by atoms with E-state index in [-0.39, 0.29) is 11.7 Å². The predicted molar refractivity (Wildman–Crippen MR) is 80.3 cm³/mol. The van der Waals surface area contributed by atoms with Crippen molar-refractivity contribution in [3.05, 3.63) is 42.0 Å². The van der Waals surface area contributed by atoms with Crippen molar-refractivity contribution in [2.24, 2.45) is 0 Å². The normalized spacial score (nSPS) is 10.8. The molecule has 0 amide bonds. The summed E-state index contributed by atoms with van der Waals surface area (Å²) in [5.74, 6) is 1.54. The van der Waals surface area contributed by atoms with E-state index in [9.17, 15) is 4.39 Å². The molecule has 0 aliphatic carbocycles. The SMILES string of the molecule is CCCNc1cc(-c2cccc(F)c2)nc(C(C)C)n1. The van der Waals surface area contributed by atoms with Gasteiger partial charge >= 0.3 is 0 Å². The van der Waals surface area contributed by atoms with Crippen LogP contribution in [0.2, 0.25) is 0 Å². The predicted octanol–water partition coefficient (Wildman–Crippen LogP) is 4.23. The molecule has 0 aliphatic heterocycles. The second-order valence-electron chi connectivity index (χ2n) is 5.09. The molecule has 2 rings (SSSR count). The number of nitrogens with one attached hydrogen (secondary N) is 1. The molecule has 1 N–H and O–H groups in total. The quantitative estimate of drug-likeness (QED) is 0.886. The first-order valence-electron chi connectivity index (χ1n) is 6.99. The van der Waals surface area contributed by atoms with Crippen LogP contribution in [0.5, 0.6) is 0 Å². The van der Waals surface area contributed by atoms with Gasteiger partial charge in [-0.15, -0.1) is 0 Å². The van der Waals surface area contributed by atoms with Gasteiger partial charge in [0.25, 0.3) is 0 Å². The number of hydrogen-bond acceptors (Lipinski definition) is 3. The summed E-state index contributed by atoms with van der Waals surface area (Å²) in [6, 6.07) is 8.36. The standard InChI is InChI=1S/C16H20FN3/c1-4-8-18-15-10-14(19-16(20-15)11(2)3)12-6-5-7-13(17)9-12/h5-7,9-11H,4,8H2,1-3H3,(H,18,19,20). The van der Waals surface area contributed by atoms with E-state index in [1.54, 1.807) is 6.07 Å². The molecule has 4 heteroatoms. The Kier molecular flexibility index (Phi) is 4.66. The monoisotopic (exact) mass is 273 g/mol. The third-order valence-corrected chi connectivity index (χ3v) is 2.94. The first kappa shape index (κ1) is 14.4. The van der Waals surface area contributed by atoms with Crippen molar-refractivity contribution in [2.45, 2.75) is 33.1 Å². The van der Waals surface area contributed by atoms with Gasteiger partial charge in [-0.3, -0.25) is 0 Å². The molecule has 0 fully saturated rings. The van der Waals surface area contributed by atoms with Gasteiger partial charge in [-0.1, -0.05) is 32.9 Å². The fourth-order valence-corrected chi connectivity index (χ4v) is 1.86. The van der Waals surface area contributed by atoms with Crippen LogP contribution in [-0.4, -0.2) is 16.5 Å². The van der Waals surface area contributed by atoms with Crippen LogP contribution < -0.4 is 5.32 Å². The van der Waals surface area contributed by atoms with Crippen LogP contribution in [-0.2, 0) is 0 Å². The highest BCUT2D eigenvalue weighted by atomic mass is 19.1. The lowest BCUT2D eigenvalue weighted by Crippen LogP contribution is -2.07.